The molecule has 6 heteroatoms. The second kappa shape index (κ2) is 7.48. The number of pyridine rings is 1. The third-order valence-corrected chi connectivity index (χ3v) is 3.42. The van der Waals surface area contributed by atoms with Gasteiger partial charge in [0.1, 0.15) is 5.82 Å². The number of anilines is 4. The van der Waals surface area contributed by atoms with E-state index in [-0.39, 0.29) is 6.03 Å². The lowest BCUT2D eigenvalue weighted by atomic mass is 10.3. The maximum Gasteiger partial charge on any atom is 0.324 e. The average Bonchev–Trinajstić information content (AvgIpc) is 2.59. The van der Waals surface area contributed by atoms with E-state index in [9.17, 15) is 4.79 Å². The largest absolute Gasteiger partial charge is 0.354 e. The van der Waals surface area contributed by atoms with E-state index in [1.165, 1.54) is 0 Å². The lowest BCUT2D eigenvalue weighted by Crippen LogP contribution is -2.19. The summed E-state index contributed by atoms with van der Waals surface area (Å²) in [4.78, 5) is 16.1. The second-order valence-corrected chi connectivity index (χ2v) is 5.45. The van der Waals surface area contributed by atoms with Crippen LogP contribution in [-0.2, 0) is 0 Å². The molecule has 1 aromatic heterocycles. The van der Waals surface area contributed by atoms with Crippen molar-refractivity contribution in [1.29, 1.82) is 0 Å². The highest BCUT2D eigenvalue weighted by atomic mass is 35.5. The molecule has 0 saturated heterocycles. The van der Waals surface area contributed by atoms with E-state index in [2.05, 4.69) is 20.9 Å². The Kier molecular flexibility index (Phi) is 4.93. The maximum absolute atomic E-state index is 11.9. The van der Waals surface area contributed by atoms with Crippen LogP contribution >= 0.6 is 11.6 Å². The molecule has 1 heterocycles. The summed E-state index contributed by atoms with van der Waals surface area (Å²) in [6, 6.07) is 19.8. The van der Waals surface area contributed by atoms with E-state index in [0.717, 1.165) is 17.1 Å². The topological polar surface area (TPSA) is 66.1 Å². The first-order chi connectivity index (χ1) is 11.7. The van der Waals surface area contributed by atoms with Crippen molar-refractivity contribution in [2.45, 2.75) is 0 Å². The molecule has 0 aliphatic carbocycles. The van der Waals surface area contributed by atoms with E-state index >= 15 is 0 Å². The van der Waals surface area contributed by atoms with Crippen LogP contribution < -0.4 is 16.0 Å². The van der Waals surface area contributed by atoms with Gasteiger partial charge in [-0.25, -0.2) is 9.78 Å². The van der Waals surface area contributed by atoms with Crippen molar-refractivity contribution in [1.82, 2.24) is 4.98 Å². The van der Waals surface area contributed by atoms with Crippen molar-refractivity contribution in [2.75, 3.05) is 16.0 Å². The van der Waals surface area contributed by atoms with Crippen LogP contribution in [0.1, 0.15) is 0 Å². The number of nitrogens with one attached hydrogen (secondary N) is 3. The molecule has 24 heavy (non-hydrogen) atoms. The molecule has 0 bridgehead atoms. The minimum atomic E-state index is -0.341. The van der Waals surface area contributed by atoms with Gasteiger partial charge in [-0.05, 0) is 48.5 Å². The van der Waals surface area contributed by atoms with Gasteiger partial charge in [0.2, 0.25) is 0 Å². The van der Waals surface area contributed by atoms with Crippen LogP contribution in [-0.4, -0.2) is 11.0 Å². The Morgan fingerprint density at radius 3 is 2.17 bits per heavy atom. The van der Waals surface area contributed by atoms with Crippen LogP contribution in [0.2, 0.25) is 5.02 Å². The van der Waals surface area contributed by atoms with E-state index in [4.69, 9.17) is 11.6 Å². The summed E-state index contributed by atoms with van der Waals surface area (Å²) < 4.78 is 0. The lowest BCUT2D eigenvalue weighted by molar-refractivity contribution is 0.262. The summed E-state index contributed by atoms with van der Waals surface area (Å²) in [6.45, 7) is 0. The molecule has 3 aromatic rings. The van der Waals surface area contributed by atoms with Gasteiger partial charge in [0.25, 0.3) is 0 Å². The zero-order valence-corrected chi connectivity index (χ0v) is 13.4. The Balaban J connectivity index is 1.58. The number of carbonyl (C=O) groups excluding carboxylic acids is 1. The first kappa shape index (κ1) is 15.8. The third kappa shape index (κ3) is 4.47. The summed E-state index contributed by atoms with van der Waals surface area (Å²) in [5.41, 5.74) is 2.44. The Morgan fingerprint density at radius 1 is 0.792 bits per heavy atom. The smallest absolute Gasteiger partial charge is 0.324 e. The minimum absolute atomic E-state index is 0.341. The van der Waals surface area contributed by atoms with Crippen LogP contribution in [0.15, 0.2) is 72.9 Å². The number of aromatic nitrogens is 1. The molecule has 0 fully saturated rings. The number of nitrogens with zero attached hydrogens (tertiary/aromatic N) is 1. The normalized spacial score (nSPS) is 10.0. The Bertz CT molecular complexity index is 805. The number of rotatable bonds is 4. The van der Waals surface area contributed by atoms with E-state index in [0.29, 0.717) is 10.8 Å². The molecule has 120 valence electrons. The predicted octanol–water partition coefficient (Wildman–Crippen LogP) is 5.12. The van der Waals surface area contributed by atoms with Crippen molar-refractivity contribution >= 4 is 40.5 Å². The summed E-state index contributed by atoms with van der Waals surface area (Å²) in [7, 11) is 0. The van der Waals surface area contributed by atoms with E-state index < -0.39 is 0 Å². The van der Waals surface area contributed by atoms with Crippen molar-refractivity contribution in [3.63, 3.8) is 0 Å². The molecule has 2 aromatic carbocycles. The monoisotopic (exact) mass is 338 g/mol. The number of amides is 2. The molecule has 3 N–H and O–H groups in total. The van der Waals surface area contributed by atoms with Crippen molar-refractivity contribution in [3.8, 4) is 0 Å². The summed E-state index contributed by atoms with van der Waals surface area (Å²) in [6.07, 6.45) is 1.65. The predicted molar refractivity (Wildman–Crippen MR) is 98.1 cm³/mol. The zero-order chi connectivity index (χ0) is 16.8. The third-order valence-electron chi connectivity index (χ3n) is 3.17. The van der Waals surface area contributed by atoms with Gasteiger partial charge in [-0.2, -0.15) is 0 Å². The number of para-hydroxylation sites is 1. The number of carbonyl (C=O) groups is 1. The van der Waals surface area contributed by atoms with Crippen LogP contribution in [0.4, 0.5) is 27.7 Å². The molecule has 5 nitrogen and oxygen atoms in total. The van der Waals surface area contributed by atoms with E-state index in [1.54, 1.807) is 24.4 Å². The number of hydrogen-bond acceptors (Lipinski definition) is 3. The number of halogens is 1. The fourth-order valence-electron chi connectivity index (χ4n) is 2.04. The number of benzene rings is 2. The van der Waals surface area contributed by atoms with Crippen LogP contribution in [0, 0.1) is 0 Å². The van der Waals surface area contributed by atoms with Gasteiger partial charge < -0.3 is 10.6 Å². The van der Waals surface area contributed by atoms with Crippen LogP contribution in [0.25, 0.3) is 0 Å². The number of urea groups is 1. The SMILES string of the molecule is O=C(Nc1ccccc1)Nc1ccc(Nc2ccc(Cl)cc2)cn1. The molecular formula is C18H15ClN4O. The second-order valence-electron chi connectivity index (χ2n) is 5.01. The Morgan fingerprint density at radius 2 is 1.50 bits per heavy atom. The average molecular weight is 339 g/mol. The highest BCUT2D eigenvalue weighted by Gasteiger charge is 2.03. The highest BCUT2D eigenvalue weighted by Crippen LogP contribution is 2.19. The van der Waals surface area contributed by atoms with Gasteiger partial charge in [0.05, 0.1) is 11.9 Å². The Hall–Kier alpha value is -3.05. The molecule has 0 radical (unpaired) electrons. The molecule has 0 unspecified atom stereocenters. The van der Waals surface area contributed by atoms with E-state index in [1.807, 2.05) is 48.5 Å². The lowest BCUT2D eigenvalue weighted by Gasteiger charge is -2.09. The first-order valence-electron chi connectivity index (χ1n) is 7.31. The molecule has 0 spiro atoms. The maximum atomic E-state index is 11.9. The fraction of sp³-hybridized carbons (Fsp3) is 0. The van der Waals surface area contributed by atoms with Crippen molar-refractivity contribution < 1.29 is 4.79 Å². The summed E-state index contributed by atoms with van der Waals surface area (Å²) in [5, 5.41) is 9.30. The quantitative estimate of drug-likeness (QED) is 0.618. The summed E-state index contributed by atoms with van der Waals surface area (Å²) in [5.74, 6) is 0.463. The van der Waals surface area contributed by atoms with Gasteiger partial charge in [-0.15, -0.1) is 0 Å². The van der Waals surface area contributed by atoms with Crippen LogP contribution in [0.5, 0.6) is 0 Å². The highest BCUT2D eigenvalue weighted by molar-refractivity contribution is 6.30. The Labute approximate surface area is 144 Å². The van der Waals surface area contributed by atoms with Gasteiger partial charge in [-0.1, -0.05) is 29.8 Å². The molecule has 2 amide bonds. The van der Waals surface area contributed by atoms with Gasteiger partial charge in [-0.3, -0.25) is 5.32 Å². The van der Waals surface area contributed by atoms with Gasteiger partial charge >= 0.3 is 6.03 Å². The van der Waals surface area contributed by atoms with Crippen LogP contribution in [0.3, 0.4) is 0 Å². The van der Waals surface area contributed by atoms with Gasteiger partial charge in [0, 0.05) is 16.4 Å². The number of hydrogen-bond donors (Lipinski definition) is 3. The van der Waals surface area contributed by atoms with Gasteiger partial charge in [0.15, 0.2) is 0 Å². The molecule has 0 atom stereocenters. The molecule has 0 saturated carbocycles. The summed E-state index contributed by atoms with van der Waals surface area (Å²) >= 11 is 5.86. The molecule has 0 aliphatic heterocycles. The molecule has 3 rings (SSSR count). The zero-order valence-electron chi connectivity index (χ0n) is 12.7. The van der Waals surface area contributed by atoms with Crippen molar-refractivity contribution in [2.24, 2.45) is 0 Å². The van der Waals surface area contributed by atoms with Crippen molar-refractivity contribution in [3.05, 3.63) is 77.9 Å². The molecular weight excluding hydrogens is 324 g/mol. The first-order valence-corrected chi connectivity index (χ1v) is 7.68. The fourth-order valence-corrected chi connectivity index (χ4v) is 2.17. The molecule has 0 aliphatic rings. The minimum Gasteiger partial charge on any atom is -0.354 e. The standard InChI is InChI=1S/C18H15ClN4O/c19-13-6-8-15(9-7-13)21-16-10-11-17(20-12-16)23-18(24)22-14-4-2-1-3-5-14/h1-12,21H,(H2,20,22,23,24).